The second-order valence-corrected chi connectivity index (χ2v) is 5.98. The van der Waals surface area contributed by atoms with Crippen LogP contribution in [0.1, 0.15) is 36.1 Å². The third kappa shape index (κ3) is 3.51. The van der Waals surface area contributed by atoms with E-state index in [1.165, 1.54) is 51.7 Å². The maximum Gasteiger partial charge on any atom is 0.0244 e. The summed E-state index contributed by atoms with van der Waals surface area (Å²) in [4.78, 5) is 4.22. The van der Waals surface area contributed by atoms with Crippen LogP contribution in [-0.4, -0.2) is 23.7 Å². The first kappa shape index (κ1) is 12.5. The Labute approximate surface area is 108 Å². The first-order chi connectivity index (χ1) is 7.90. The summed E-state index contributed by atoms with van der Waals surface area (Å²) in [7, 11) is 0. The zero-order valence-corrected chi connectivity index (χ0v) is 11.5. The van der Waals surface area contributed by atoms with Crippen molar-refractivity contribution in [2.45, 2.75) is 38.6 Å². The number of thiol groups is 1. The second kappa shape index (κ2) is 6.67. The first-order valence-corrected chi connectivity index (χ1v) is 7.80. The zero-order valence-electron chi connectivity index (χ0n) is 9.82. The summed E-state index contributed by atoms with van der Waals surface area (Å²) in [6.07, 6.45) is 6.61. The Morgan fingerprint density at radius 2 is 2.12 bits per heavy atom. The summed E-state index contributed by atoms with van der Waals surface area (Å²) >= 11 is 6.17. The van der Waals surface area contributed by atoms with Crippen molar-refractivity contribution < 1.29 is 0 Å². The molecule has 0 fully saturated rings. The fraction of sp³-hybridized carbons (Fsp3) is 0.692. The van der Waals surface area contributed by atoms with Crippen molar-refractivity contribution in [2.75, 3.05) is 18.8 Å². The van der Waals surface area contributed by atoms with Gasteiger partial charge in [-0.1, -0.05) is 12.8 Å². The van der Waals surface area contributed by atoms with Crippen molar-refractivity contribution >= 4 is 24.0 Å². The van der Waals surface area contributed by atoms with Crippen molar-refractivity contribution in [2.24, 2.45) is 0 Å². The van der Waals surface area contributed by atoms with E-state index in [2.05, 4.69) is 29.0 Å². The average Bonchev–Trinajstić information content (AvgIpc) is 2.76. The molecule has 0 atom stereocenters. The zero-order chi connectivity index (χ0) is 11.2. The molecule has 0 bridgehead atoms. The predicted octanol–water partition coefficient (Wildman–Crippen LogP) is 3.60. The van der Waals surface area contributed by atoms with Gasteiger partial charge in [0.1, 0.15) is 0 Å². The number of rotatable bonds is 6. The van der Waals surface area contributed by atoms with Crippen molar-refractivity contribution in [1.29, 1.82) is 0 Å². The van der Waals surface area contributed by atoms with Gasteiger partial charge < -0.3 is 0 Å². The maximum absolute atomic E-state index is 4.24. The van der Waals surface area contributed by atoms with Crippen LogP contribution in [0.25, 0.3) is 0 Å². The minimum absolute atomic E-state index is 1.04. The van der Waals surface area contributed by atoms with Crippen LogP contribution in [0.5, 0.6) is 0 Å². The summed E-state index contributed by atoms with van der Waals surface area (Å²) in [6, 6.07) is 2.30. The normalized spacial score (nSPS) is 16.3. The van der Waals surface area contributed by atoms with Crippen molar-refractivity contribution in [1.82, 2.24) is 4.90 Å². The first-order valence-electron chi connectivity index (χ1n) is 6.28. The lowest BCUT2D eigenvalue weighted by atomic mass is 10.1. The Morgan fingerprint density at radius 1 is 1.25 bits per heavy atom. The van der Waals surface area contributed by atoms with E-state index in [1.54, 1.807) is 10.4 Å². The van der Waals surface area contributed by atoms with E-state index in [0.29, 0.717) is 0 Å². The van der Waals surface area contributed by atoms with Gasteiger partial charge >= 0.3 is 0 Å². The van der Waals surface area contributed by atoms with Gasteiger partial charge in [0.25, 0.3) is 0 Å². The molecular weight excluding hydrogens is 234 g/mol. The van der Waals surface area contributed by atoms with Crippen molar-refractivity contribution in [3.8, 4) is 0 Å². The number of unbranched alkanes of at least 4 members (excludes halogenated alkanes) is 3. The highest BCUT2D eigenvalue weighted by Crippen LogP contribution is 2.24. The summed E-state index contributed by atoms with van der Waals surface area (Å²) in [5.74, 6) is 1.04. The van der Waals surface area contributed by atoms with Crippen LogP contribution < -0.4 is 0 Å². The topological polar surface area (TPSA) is 3.24 Å². The van der Waals surface area contributed by atoms with Gasteiger partial charge in [0.05, 0.1) is 0 Å². The van der Waals surface area contributed by atoms with E-state index < -0.39 is 0 Å². The van der Waals surface area contributed by atoms with Crippen LogP contribution in [0.2, 0.25) is 0 Å². The van der Waals surface area contributed by atoms with Crippen molar-refractivity contribution in [3.63, 3.8) is 0 Å². The van der Waals surface area contributed by atoms with Crippen LogP contribution >= 0.6 is 24.0 Å². The minimum Gasteiger partial charge on any atom is -0.299 e. The molecule has 2 heterocycles. The molecule has 1 aromatic heterocycles. The molecule has 90 valence electrons. The SMILES string of the molecule is SCCCCCCN1CCc2sccc2C1. The third-order valence-electron chi connectivity index (χ3n) is 3.27. The highest BCUT2D eigenvalue weighted by Gasteiger charge is 2.16. The van der Waals surface area contributed by atoms with Crippen LogP contribution in [0.4, 0.5) is 0 Å². The molecule has 1 aliphatic rings. The highest BCUT2D eigenvalue weighted by atomic mass is 32.1. The van der Waals surface area contributed by atoms with E-state index in [0.717, 1.165) is 5.75 Å². The van der Waals surface area contributed by atoms with Crippen LogP contribution in [0, 0.1) is 0 Å². The quantitative estimate of drug-likeness (QED) is 0.600. The van der Waals surface area contributed by atoms with Gasteiger partial charge in [-0.2, -0.15) is 12.6 Å². The van der Waals surface area contributed by atoms with Gasteiger partial charge in [-0.3, -0.25) is 4.90 Å². The monoisotopic (exact) mass is 255 g/mol. The molecule has 1 aromatic rings. The Balaban J connectivity index is 1.65. The lowest BCUT2D eigenvalue weighted by molar-refractivity contribution is 0.250. The Hall–Kier alpha value is 0.0100. The average molecular weight is 255 g/mol. The fourth-order valence-electron chi connectivity index (χ4n) is 2.30. The van der Waals surface area contributed by atoms with Gasteiger partial charge in [-0.15, -0.1) is 11.3 Å². The van der Waals surface area contributed by atoms with Crippen molar-refractivity contribution in [3.05, 3.63) is 21.9 Å². The van der Waals surface area contributed by atoms with Crippen LogP contribution in [0.3, 0.4) is 0 Å². The predicted molar refractivity (Wildman–Crippen MR) is 75.6 cm³/mol. The van der Waals surface area contributed by atoms with Gasteiger partial charge in [0, 0.05) is 18.0 Å². The number of hydrogen-bond donors (Lipinski definition) is 1. The molecule has 0 aromatic carbocycles. The lowest BCUT2D eigenvalue weighted by Gasteiger charge is -2.26. The van der Waals surface area contributed by atoms with E-state index in [-0.39, 0.29) is 0 Å². The van der Waals surface area contributed by atoms with E-state index >= 15 is 0 Å². The van der Waals surface area contributed by atoms with Crippen LogP contribution in [0.15, 0.2) is 11.4 Å². The Kier molecular flexibility index (Phi) is 5.20. The second-order valence-electron chi connectivity index (χ2n) is 4.53. The number of fused-ring (bicyclic) bond motifs is 1. The molecule has 0 unspecified atom stereocenters. The number of hydrogen-bond acceptors (Lipinski definition) is 3. The summed E-state index contributed by atoms with van der Waals surface area (Å²) in [6.45, 7) is 3.73. The van der Waals surface area contributed by atoms with Gasteiger partial charge in [-0.25, -0.2) is 0 Å². The van der Waals surface area contributed by atoms with E-state index in [1.807, 2.05) is 11.3 Å². The van der Waals surface area contributed by atoms with Gasteiger partial charge in [0.15, 0.2) is 0 Å². The molecule has 1 nitrogen and oxygen atoms in total. The summed E-state index contributed by atoms with van der Waals surface area (Å²) < 4.78 is 0. The number of nitrogens with zero attached hydrogens (tertiary/aromatic N) is 1. The summed E-state index contributed by atoms with van der Waals surface area (Å²) in [5, 5.41) is 2.24. The van der Waals surface area contributed by atoms with E-state index in [9.17, 15) is 0 Å². The fourth-order valence-corrected chi connectivity index (χ4v) is 3.41. The molecule has 16 heavy (non-hydrogen) atoms. The maximum atomic E-state index is 4.24. The largest absolute Gasteiger partial charge is 0.299 e. The summed E-state index contributed by atoms with van der Waals surface area (Å²) in [5.41, 5.74) is 1.58. The Morgan fingerprint density at radius 3 is 3.00 bits per heavy atom. The molecule has 0 saturated carbocycles. The molecule has 0 amide bonds. The molecule has 3 heteroatoms. The molecule has 1 aliphatic heterocycles. The highest BCUT2D eigenvalue weighted by molar-refractivity contribution is 7.80. The molecule has 2 rings (SSSR count). The van der Waals surface area contributed by atoms with E-state index in [4.69, 9.17) is 0 Å². The lowest BCUT2D eigenvalue weighted by Crippen LogP contribution is -2.30. The number of thiophene rings is 1. The molecule has 0 aliphatic carbocycles. The molecule has 0 saturated heterocycles. The Bertz CT molecular complexity index is 309. The molecular formula is C13H21NS2. The minimum atomic E-state index is 1.04. The molecule has 0 radical (unpaired) electrons. The van der Waals surface area contributed by atoms with Crippen LogP contribution in [-0.2, 0) is 13.0 Å². The smallest absolute Gasteiger partial charge is 0.0244 e. The molecule has 0 spiro atoms. The standard InChI is InChI=1S/C13H21NS2/c15-9-4-2-1-3-7-14-8-5-13-12(11-14)6-10-16-13/h6,10,15H,1-5,7-9,11H2. The third-order valence-corrected chi connectivity index (χ3v) is 4.61. The van der Waals surface area contributed by atoms with Gasteiger partial charge in [-0.05, 0) is 48.6 Å². The van der Waals surface area contributed by atoms with Gasteiger partial charge in [0.2, 0.25) is 0 Å². The molecule has 0 N–H and O–H groups in total.